The number of rotatable bonds is 11. The van der Waals surface area contributed by atoms with Gasteiger partial charge >= 0.3 is 0 Å². The molecule has 0 spiro atoms. The summed E-state index contributed by atoms with van der Waals surface area (Å²) < 4.78 is 5.62. The molecular formula is C23H31N3O3. The maximum Gasteiger partial charge on any atom is 0.243 e. The monoisotopic (exact) mass is 397 g/mol. The number of amides is 2. The zero-order valence-electron chi connectivity index (χ0n) is 17.5. The second kappa shape index (κ2) is 11.7. The number of aryl methyl sites for hydroxylation is 1. The Morgan fingerprint density at radius 2 is 1.79 bits per heavy atom. The lowest BCUT2D eigenvalue weighted by molar-refractivity contribution is -0.128. The molecular weight excluding hydrogens is 366 g/mol. The molecule has 0 radical (unpaired) electrons. The number of ether oxygens (including phenoxy) is 1. The first kappa shape index (κ1) is 22.3. The molecule has 0 aliphatic rings. The molecule has 0 aromatic heterocycles. The maximum absolute atomic E-state index is 12.2. The average Bonchev–Trinajstić information content (AvgIpc) is 2.72. The molecule has 156 valence electrons. The van der Waals surface area contributed by atoms with Gasteiger partial charge in [0.1, 0.15) is 5.75 Å². The van der Waals surface area contributed by atoms with Gasteiger partial charge in [-0.3, -0.25) is 9.59 Å². The van der Waals surface area contributed by atoms with Crippen molar-refractivity contribution in [2.24, 2.45) is 0 Å². The third kappa shape index (κ3) is 8.25. The van der Waals surface area contributed by atoms with Crippen molar-refractivity contribution < 1.29 is 14.3 Å². The minimum atomic E-state index is -0.127. The highest BCUT2D eigenvalue weighted by atomic mass is 16.5. The largest absolute Gasteiger partial charge is 0.494 e. The summed E-state index contributed by atoms with van der Waals surface area (Å²) in [6, 6.07) is 15.2. The number of nitrogens with zero attached hydrogens (tertiary/aromatic N) is 1. The minimum absolute atomic E-state index is 0.101. The van der Waals surface area contributed by atoms with Crippen LogP contribution in [-0.4, -0.2) is 44.0 Å². The maximum atomic E-state index is 12.2. The van der Waals surface area contributed by atoms with Crippen LogP contribution >= 0.6 is 0 Å². The highest BCUT2D eigenvalue weighted by Crippen LogP contribution is 2.16. The fourth-order valence-corrected chi connectivity index (χ4v) is 2.67. The molecule has 2 amide bonds. The van der Waals surface area contributed by atoms with E-state index in [1.165, 1.54) is 0 Å². The van der Waals surface area contributed by atoms with E-state index in [2.05, 4.69) is 17.6 Å². The van der Waals surface area contributed by atoms with E-state index in [1.54, 1.807) is 19.0 Å². The van der Waals surface area contributed by atoms with Gasteiger partial charge < -0.3 is 20.3 Å². The van der Waals surface area contributed by atoms with Crippen molar-refractivity contribution in [3.63, 3.8) is 0 Å². The molecule has 0 unspecified atom stereocenters. The van der Waals surface area contributed by atoms with Gasteiger partial charge in [-0.05, 0) is 54.8 Å². The van der Waals surface area contributed by atoms with E-state index in [-0.39, 0.29) is 18.4 Å². The molecule has 29 heavy (non-hydrogen) atoms. The van der Waals surface area contributed by atoms with Gasteiger partial charge in [0.05, 0.1) is 13.2 Å². The van der Waals surface area contributed by atoms with Crippen LogP contribution in [-0.2, 0) is 16.0 Å². The van der Waals surface area contributed by atoms with Gasteiger partial charge in [0, 0.05) is 31.9 Å². The molecule has 0 bridgehead atoms. The minimum Gasteiger partial charge on any atom is -0.494 e. The quantitative estimate of drug-likeness (QED) is 0.564. The number of hydrogen-bond donors (Lipinski definition) is 2. The highest BCUT2D eigenvalue weighted by molar-refractivity contribution is 5.93. The second-order valence-corrected chi connectivity index (χ2v) is 7.12. The van der Waals surface area contributed by atoms with Crippen LogP contribution in [0.2, 0.25) is 0 Å². The summed E-state index contributed by atoms with van der Waals surface area (Å²) in [6.07, 6.45) is 3.26. The van der Waals surface area contributed by atoms with Gasteiger partial charge in [0.25, 0.3) is 0 Å². The predicted molar refractivity (Wildman–Crippen MR) is 117 cm³/mol. The van der Waals surface area contributed by atoms with Crippen molar-refractivity contribution in [1.82, 2.24) is 4.90 Å². The summed E-state index contributed by atoms with van der Waals surface area (Å²) in [4.78, 5) is 25.5. The molecule has 2 aromatic carbocycles. The lowest BCUT2D eigenvalue weighted by Gasteiger charge is -2.11. The Kier molecular flexibility index (Phi) is 9.02. The lowest BCUT2D eigenvalue weighted by atomic mass is 10.1. The van der Waals surface area contributed by atoms with Crippen LogP contribution < -0.4 is 15.4 Å². The van der Waals surface area contributed by atoms with E-state index in [1.807, 2.05) is 48.5 Å². The Bertz CT molecular complexity index is 788. The number of nitrogens with one attached hydrogen (secondary N) is 2. The molecule has 0 heterocycles. The number of hydrogen-bond acceptors (Lipinski definition) is 4. The van der Waals surface area contributed by atoms with E-state index in [0.29, 0.717) is 19.4 Å². The zero-order chi connectivity index (χ0) is 21.1. The fraction of sp³-hybridized carbons (Fsp3) is 0.391. The van der Waals surface area contributed by atoms with Gasteiger partial charge in [-0.25, -0.2) is 0 Å². The molecule has 0 saturated heterocycles. The van der Waals surface area contributed by atoms with Crippen molar-refractivity contribution in [2.45, 2.75) is 32.6 Å². The standard InChI is InChI=1S/C23H31N3O3/c1-4-5-15-29-21-12-10-19(11-13-21)25-22(27)17-24-20-8-6-7-18(16-20)9-14-23(28)26(2)3/h6-8,10-13,16,24H,4-5,9,14-15,17H2,1-3H3,(H,25,27). The van der Waals surface area contributed by atoms with Gasteiger partial charge in [-0.1, -0.05) is 25.5 Å². The fourth-order valence-electron chi connectivity index (χ4n) is 2.67. The smallest absolute Gasteiger partial charge is 0.243 e. The third-order valence-corrected chi connectivity index (χ3v) is 4.41. The van der Waals surface area contributed by atoms with E-state index < -0.39 is 0 Å². The zero-order valence-corrected chi connectivity index (χ0v) is 17.5. The van der Waals surface area contributed by atoms with Gasteiger partial charge in [0.15, 0.2) is 0 Å². The number of unbranched alkanes of at least 4 members (excludes halogenated alkanes) is 1. The van der Waals surface area contributed by atoms with E-state index in [0.717, 1.165) is 35.5 Å². The second-order valence-electron chi connectivity index (χ2n) is 7.12. The SMILES string of the molecule is CCCCOc1ccc(NC(=O)CNc2cccc(CCC(=O)N(C)C)c2)cc1. The molecule has 2 N–H and O–H groups in total. The normalized spacial score (nSPS) is 10.3. The predicted octanol–water partition coefficient (Wildman–Crippen LogP) is 3.94. The molecule has 2 rings (SSSR count). The Morgan fingerprint density at radius 1 is 1.03 bits per heavy atom. The summed E-state index contributed by atoms with van der Waals surface area (Å²) in [5, 5.41) is 6.00. The average molecular weight is 398 g/mol. The van der Waals surface area contributed by atoms with Crippen LogP contribution in [0.5, 0.6) is 5.75 Å². The van der Waals surface area contributed by atoms with E-state index >= 15 is 0 Å². The number of carbonyl (C=O) groups excluding carboxylic acids is 2. The van der Waals surface area contributed by atoms with Crippen molar-refractivity contribution in [3.05, 3.63) is 54.1 Å². The Labute approximate surface area is 173 Å². The summed E-state index contributed by atoms with van der Waals surface area (Å²) in [5.41, 5.74) is 2.65. The van der Waals surface area contributed by atoms with Gasteiger partial charge in [-0.2, -0.15) is 0 Å². The van der Waals surface area contributed by atoms with Gasteiger partial charge in [0.2, 0.25) is 11.8 Å². The molecule has 0 fully saturated rings. The number of carbonyl (C=O) groups is 2. The first-order valence-electron chi connectivity index (χ1n) is 10.0. The summed E-state index contributed by atoms with van der Waals surface area (Å²) in [5.74, 6) is 0.779. The Morgan fingerprint density at radius 3 is 2.48 bits per heavy atom. The molecule has 6 heteroatoms. The lowest BCUT2D eigenvalue weighted by Crippen LogP contribution is -2.22. The first-order valence-corrected chi connectivity index (χ1v) is 10.0. The van der Waals surface area contributed by atoms with Crippen LogP contribution in [0.4, 0.5) is 11.4 Å². The topological polar surface area (TPSA) is 70.7 Å². The molecule has 2 aromatic rings. The van der Waals surface area contributed by atoms with Crippen molar-refractivity contribution >= 4 is 23.2 Å². The van der Waals surface area contributed by atoms with Crippen molar-refractivity contribution in [2.75, 3.05) is 37.9 Å². The van der Waals surface area contributed by atoms with E-state index in [9.17, 15) is 9.59 Å². The number of anilines is 2. The van der Waals surface area contributed by atoms with Crippen molar-refractivity contribution in [1.29, 1.82) is 0 Å². The van der Waals surface area contributed by atoms with Crippen LogP contribution in [0.3, 0.4) is 0 Å². The van der Waals surface area contributed by atoms with Crippen LogP contribution in [0.1, 0.15) is 31.7 Å². The van der Waals surface area contributed by atoms with Gasteiger partial charge in [-0.15, -0.1) is 0 Å². The van der Waals surface area contributed by atoms with Crippen LogP contribution in [0.25, 0.3) is 0 Å². The first-order chi connectivity index (χ1) is 14.0. The Balaban J connectivity index is 1.78. The van der Waals surface area contributed by atoms with Crippen LogP contribution in [0.15, 0.2) is 48.5 Å². The van der Waals surface area contributed by atoms with E-state index in [4.69, 9.17) is 4.74 Å². The molecule has 0 atom stereocenters. The molecule has 6 nitrogen and oxygen atoms in total. The van der Waals surface area contributed by atoms with Crippen LogP contribution in [0, 0.1) is 0 Å². The molecule has 0 aliphatic heterocycles. The molecule has 0 aliphatic carbocycles. The molecule has 0 saturated carbocycles. The highest BCUT2D eigenvalue weighted by Gasteiger charge is 2.06. The summed E-state index contributed by atoms with van der Waals surface area (Å²) >= 11 is 0. The Hall–Kier alpha value is -3.02. The summed E-state index contributed by atoms with van der Waals surface area (Å²) in [6.45, 7) is 2.99. The number of benzene rings is 2. The van der Waals surface area contributed by atoms with Crippen molar-refractivity contribution in [3.8, 4) is 5.75 Å². The third-order valence-electron chi connectivity index (χ3n) is 4.41. The summed E-state index contributed by atoms with van der Waals surface area (Å²) in [7, 11) is 3.51.